The number of hydrogen-bond donors (Lipinski definition) is 2. The first-order valence-corrected chi connectivity index (χ1v) is 8.77. The Morgan fingerprint density at radius 1 is 1.24 bits per heavy atom. The summed E-state index contributed by atoms with van der Waals surface area (Å²) >= 11 is 11.8. The number of benzene rings is 1. The monoisotopic (exact) mass is 381 g/mol. The number of nitrogens with zero attached hydrogens (tertiary/aromatic N) is 1. The van der Waals surface area contributed by atoms with Crippen molar-refractivity contribution in [1.29, 1.82) is 0 Å². The molecule has 0 aliphatic heterocycles. The average Bonchev–Trinajstić information content (AvgIpc) is 2.55. The zero-order valence-corrected chi connectivity index (χ0v) is 15.7. The fraction of sp³-hybridized carbons (Fsp3) is 0.333. The Morgan fingerprint density at radius 3 is 2.68 bits per heavy atom. The summed E-state index contributed by atoms with van der Waals surface area (Å²) in [6.07, 6.45) is 2.68. The van der Waals surface area contributed by atoms with Gasteiger partial charge in [-0.25, -0.2) is 4.98 Å². The third-order valence-electron chi connectivity index (χ3n) is 3.33. The molecule has 0 fully saturated rings. The number of amides is 1. The van der Waals surface area contributed by atoms with E-state index in [1.54, 1.807) is 30.5 Å². The van der Waals surface area contributed by atoms with Crippen LogP contribution in [-0.2, 0) is 4.79 Å². The number of halogens is 2. The molecule has 2 rings (SSSR count). The van der Waals surface area contributed by atoms with Gasteiger partial charge in [0.15, 0.2) is 6.61 Å². The number of carbonyl (C=O) groups excluding carboxylic acids is 1. The quantitative estimate of drug-likeness (QED) is 0.684. The highest BCUT2D eigenvalue weighted by atomic mass is 35.5. The minimum absolute atomic E-state index is 0.157. The van der Waals surface area contributed by atoms with Gasteiger partial charge in [0.25, 0.3) is 5.91 Å². The van der Waals surface area contributed by atoms with Crippen molar-refractivity contribution < 1.29 is 9.53 Å². The molecule has 2 N–H and O–H groups in total. The Bertz CT molecular complexity index is 706. The minimum atomic E-state index is -0.298. The molecule has 5 nitrogen and oxygen atoms in total. The van der Waals surface area contributed by atoms with Gasteiger partial charge in [-0.2, -0.15) is 0 Å². The lowest BCUT2D eigenvalue weighted by Crippen LogP contribution is -2.20. The largest absolute Gasteiger partial charge is 0.482 e. The number of carbonyl (C=O) groups is 1. The van der Waals surface area contributed by atoms with Gasteiger partial charge in [0.05, 0.1) is 16.9 Å². The molecular formula is C18H21Cl2N3O2. The lowest BCUT2D eigenvalue weighted by atomic mass is 10.1. The van der Waals surface area contributed by atoms with E-state index in [1.165, 1.54) is 0 Å². The van der Waals surface area contributed by atoms with Crippen LogP contribution in [0.4, 0.5) is 11.5 Å². The van der Waals surface area contributed by atoms with Crippen LogP contribution in [0, 0.1) is 5.92 Å². The van der Waals surface area contributed by atoms with Crippen molar-refractivity contribution >= 4 is 40.6 Å². The van der Waals surface area contributed by atoms with Gasteiger partial charge in [0.1, 0.15) is 11.6 Å². The highest BCUT2D eigenvalue weighted by Crippen LogP contribution is 2.27. The van der Waals surface area contributed by atoms with E-state index < -0.39 is 0 Å². The van der Waals surface area contributed by atoms with E-state index in [-0.39, 0.29) is 12.5 Å². The predicted octanol–water partition coefficient (Wildman–Crippen LogP) is 4.86. The summed E-state index contributed by atoms with van der Waals surface area (Å²) in [6.45, 7) is 5.06. The maximum atomic E-state index is 11.9. The number of hydrogen-bond acceptors (Lipinski definition) is 4. The molecular weight excluding hydrogens is 361 g/mol. The summed E-state index contributed by atoms with van der Waals surface area (Å²) in [4.78, 5) is 16.2. The molecule has 1 amide bonds. The molecule has 2 aromatic rings. The molecule has 0 saturated carbocycles. The number of anilines is 2. The van der Waals surface area contributed by atoms with E-state index in [2.05, 4.69) is 29.5 Å². The average molecular weight is 382 g/mol. The fourth-order valence-corrected chi connectivity index (χ4v) is 2.46. The van der Waals surface area contributed by atoms with E-state index in [9.17, 15) is 4.79 Å². The molecule has 0 radical (unpaired) electrons. The molecule has 1 aromatic heterocycles. The number of ether oxygens (including phenoxy) is 1. The molecule has 25 heavy (non-hydrogen) atoms. The topological polar surface area (TPSA) is 63.2 Å². The number of nitrogens with one attached hydrogen (secondary N) is 2. The molecule has 0 bridgehead atoms. The molecule has 0 aliphatic carbocycles. The van der Waals surface area contributed by atoms with Crippen LogP contribution in [0.3, 0.4) is 0 Å². The number of rotatable bonds is 8. The van der Waals surface area contributed by atoms with E-state index >= 15 is 0 Å². The first-order valence-electron chi connectivity index (χ1n) is 8.01. The molecule has 134 valence electrons. The predicted molar refractivity (Wildman–Crippen MR) is 103 cm³/mol. The summed E-state index contributed by atoms with van der Waals surface area (Å²) in [7, 11) is 0. The van der Waals surface area contributed by atoms with Gasteiger partial charge in [0.2, 0.25) is 0 Å². The summed E-state index contributed by atoms with van der Waals surface area (Å²) in [5.74, 6) is 1.53. The highest BCUT2D eigenvalue weighted by molar-refractivity contribution is 6.35. The van der Waals surface area contributed by atoms with Crippen molar-refractivity contribution in [2.75, 3.05) is 23.8 Å². The van der Waals surface area contributed by atoms with Gasteiger partial charge >= 0.3 is 0 Å². The van der Waals surface area contributed by atoms with Gasteiger partial charge in [-0.05, 0) is 42.7 Å². The third kappa shape index (κ3) is 6.80. The van der Waals surface area contributed by atoms with Crippen LogP contribution in [0.2, 0.25) is 10.0 Å². The summed E-state index contributed by atoms with van der Waals surface area (Å²) in [6, 6.07) is 8.45. The SMILES string of the molecule is CC(C)CCNc1ccc(NC(=O)COc2ccc(Cl)cc2Cl)cn1. The third-order valence-corrected chi connectivity index (χ3v) is 3.86. The Balaban J connectivity index is 1.80. The summed E-state index contributed by atoms with van der Waals surface area (Å²) in [5.41, 5.74) is 0.602. The van der Waals surface area contributed by atoms with E-state index in [4.69, 9.17) is 27.9 Å². The number of pyridine rings is 1. The van der Waals surface area contributed by atoms with Crippen LogP contribution in [-0.4, -0.2) is 24.0 Å². The maximum absolute atomic E-state index is 11.9. The molecule has 0 spiro atoms. The Kier molecular flexibility index (Phi) is 7.34. The second-order valence-electron chi connectivity index (χ2n) is 5.95. The fourth-order valence-electron chi connectivity index (χ4n) is 1.99. The van der Waals surface area contributed by atoms with E-state index in [0.29, 0.717) is 27.4 Å². The molecule has 7 heteroatoms. The first-order chi connectivity index (χ1) is 11.9. The molecule has 0 atom stereocenters. The highest BCUT2D eigenvalue weighted by Gasteiger charge is 2.07. The second kappa shape index (κ2) is 9.49. The second-order valence-corrected chi connectivity index (χ2v) is 6.80. The molecule has 1 heterocycles. The Morgan fingerprint density at radius 2 is 2.04 bits per heavy atom. The standard InChI is InChI=1S/C18H21Cl2N3O2/c1-12(2)7-8-21-17-6-4-14(10-22-17)23-18(24)11-25-16-5-3-13(19)9-15(16)20/h3-6,9-10,12H,7-8,11H2,1-2H3,(H,21,22)(H,23,24). The van der Waals surface area contributed by atoms with Crippen LogP contribution in [0.25, 0.3) is 0 Å². The van der Waals surface area contributed by atoms with Gasteiger partial charge in [0, 0.05) is 11.6 Å². The van der Waals surface area contributed by atoms with Crippen molar-refractivity contribution in [3.8, 4) is 5.75 Å². The van der Waals surface area contributed by atoms with Gasteiger partial charge in [-0.15, -0.1) is 0 Å². The van der Waals surface area contributed by atoms with Crippen molar-refractivity contribution in [1.82, 2.24) is 4.98 Å². The van der Waals surface area contributed by atoms with Crippen molar-refractivity contribution in [3.63, 3.8) is 0 Å². The zero-order valence-electron chi connectivity index (χ0n) is 14.2. The maximum Gasteiger partial charge on any atom is 0.262 e. The van der Waals surface area contributed by atoms with Crippen molar-refractivity contribution in [2.24, 2.45) is 5.92 Å². The van der Waals surface area contributed by atoms with Crippen LogP contribution in [0.15, 0.2) is 36.5 Å². The van der Waals surface area contributed by atoms with Crippen LogP contribution in [0.1, 0.15) is 20.3 Å². The smallest absolute Gasteiger partial charge is 0.262 e. The first kappa shape index (κ1) is 19.3. The van der Waals surface area contributed by atoms with Crippen LogP contribution >= 0.6 is 23.2 Å². The van der Waals surface area contributed by atoms with Gasteiger partial charge in [-0.3, -0.25) is 4.79 Å². The number of aromatic nitrogens is 1. The molecule has 0 aliphatic rings. The van der Waals surface area contributed by atoms with Crippen molar-refractivity contribution in [2.45, 2.75) is 20.3 Å². The lowest BCUT2D eigenvalue weighted by Gasteiger charge is -2.10. The Hall–Kier alpha value is -1.98. The van der Waals surface area contributed by atoms with Gasteiger partial charge in [-0.1, -0.05) is 37.0 Å². The summed E-state index contributed by atoms with van der Waals surface area (Å²) in [5, 5.41) is 6.83. The molecule has 1 aromatic carbocycles. The van der Waals surface area contributed by atoms with Crippen LogP contribution < -0.4 is 15.4 Å². The van der Waals surface area contributed by atoms with E-state index in [0.717, 1.165) is 18.8 Å². The Labute approximate surface area is 157 Å². The van der Waals surface area contributed by atoms with Crippen LogP contribution in [0.5, 0.6) is 5.75 Å². The van der Waals surface area contributed by atoms with E-state index in [1.807, 2.05) is 6.07 Å². The van der Waals surface area contributed by atoms with Crippen molar-refractivity contribution in [3.05, 3.63) is 46.6 Å². The molecule has 0 saturated heterocycles. The molecule has 0 unspecified atom stereocenters. The zero-order chi connectivity index (χ0) is 18.2. The normalized spacial score (nSPS) is 10.6. The minimum Gasteiger partial charge on any atom is -0.482 e. The lowest BCUT2D eigenvalue weighted by molar-refractivity contribution is -0.118. The van der Waals surface area contributed by atoms with Gasteiger partial charge < -0.3 is 15.4 Å². The summed E-state index contributed by atoms with van der Waals surface area (Å²) < 4.78 is 5.39.